The maximum absolute atomic E-state index is 12.8. The summed E-state index contributed by atoms with van der Waals surface area (Å²) >= 11 is 5.21. The number of hydrazone groups is 1. The van der Waals surface area contributed by atoms with Gasteiger partial charge in [0.1, 0.15) is 5.69 Å². The van der Waals surface area contributed by atoms with E-state index in [4.69, 9.17) is 12.2 Å². The molecule has 2 aromatic carbocycles. The molecule has 0 saturated carbocycles. The molecule has 29 heavy (non-hydrogen) atoms. The molecular formula is C19H18N6O3S. The Kier molecular flexibility index (Phi) is 5.84. The van der Waals surface area contributed by atoms with Gasteiger partial charge in [-0.3, -0.25) is 25.0 Å². The second-order valence-corrected chi connectivity index (χ2v) is 6.52. The second-order valence-electron chi connectivity index (χ2n) is 6.11. The average molecular weight is 410 g/mol. The van der Waals surface area contributed by atoms with Gasteiger partial charge in [-0.15, -0.1) is 0 Å². The first kappa shape index (κ1) is 20.0. The van der Waals surface area contributed by atoms with E-state index in [1.165, 1.54) is 18.3 Å². The summed E-state index contributed by atoms with van der Waals surface area (Å²) in [5, 5.41) is 17.7. The van der Waals surface area contributed by atoms with Crippen LogP contribution in [0.15, 0.2) is 64.5 Å². The molecule has 0 bridgehead atoms. The van der Waals surface area contributed by atoms with E-state index in [2.05, 4.69) is 15.8 Å². The van der Waals surface area contributed by atoms with Crippen molar-refractivity contribution in [3.05, 3.63) is 86.3 Å². The molecule has 0 amide bonds. The first-order chi connectivity index (χ1) is 13.9. The predicted octanol–water partition coefficient (Wildman–Crippen LogP) is 2.71. The van der Waals surface area contributed by atoms with E-state index in [1.54, 1.807) is 28.5 Å². The van der Waals surface area contributed by atoms with Crippen molar-refractivity contribution in [2.24, 2.45) is 12.1 Å². The molecule has 9 nitrogen and oxygen atoms in total. The highest BCUT2D eigenvalue weighted by Gasteiger charge is 2.16. The van der Waals surface area contributed by atoms with Crippen LogP contribution in [0.1, 0.15) is 11.3 Å². The first-order valence-corrected chi connectivity index (χ1v) is 8.98. The number of hydrogen-bond donors (Lipinski definition) is 2. The number of nitrogens with zero attached hydrogens (tertiary/aromatic N) is 4. The lowest BCUT2D eigenvalue weighted by Crippen LogP contribution is -2.28. The monoisotopic (exact) mass is 410 g/mol. The van der Waals surface area contributed by atoms with Gasteiger partial charge in [0, 0.05) is 19.2 Å². The number of anilines is 1. The zero-order valence-corrected chi connectivity index (χ0v) is 16.5. The van der Waals surface area contributed by atoms with E-state index in [0.29, 0.717) is 16.9 Å². The fourth-order valence-electron chi connectivity index (χ4n) is 2.70. The topological polar surface area (TPSA) is 106 Å². The number of hydrogen-bond acceptors (Lipinski definition) is 5. The van der Waals surface area contributed by atoms with Crippen LogP contribution < -0.4 is 16.3 Å². The zero-order chi connectivity index (χ0) is 21.0. The molecule has 2 N–H and O–H groups in total. The highest BCUT2D eigenvalue weighted by atomic mass is 32.1. The van der Waals surface area contributed by atoms with Gasteiger partial charge in [-0.1, -0.05) is 18.2 Å². The largest absolute Gasteiger partial charge is 0.325 e. The number of thiocarbonyl (C=S) groups is 1. The maximum atomic E-state index is 12.8. The van der Waals surface area contributed by atoms with Gasteiger partial charge in [-0.2, -0.15) is 5.10 Å². The molecule has 0 saturated heterocycles. The lowest BCUT2D eigenvalue weighted by atomic mass is 10.2. The molecule has 0 radical (unpaired) electrons. The van der Waals surface area contributed by atoms with Crippen LogP contribution in [0.2, 0.25) is 0 Å². The number of rotatable bonds is 5. The van der Waals surface area contributed by atoms with Crippen molar-refractivity contribution >= 4 is 34.9 Å². The van der Waals surface area contributed by atoms with E-state index < -0.39 is 4.92 Å². The van der Waals surface area contributed by atoms with Gasteiger partial charge >= 0.3 is 0 Å². The molecule has 10 heteroatoms. The van der Waals surface area contributed by atoms with Crippen LogP contribution in [-0.2, 0) is 7.05 Å². The summed E-state index contributed by atoms with van der Waals surface area (Å²) in [7, 11) is 1.79. The van der Waals surface area contributed by atoms with Crippen LogP contribution in [0.25, 0.3) is 5.69 Å². The van der Waals surface area contributed by atoms with Crippen LogP contribution in [0.5, 0.6) is 0 Å². The number of nitro benzene ring substituents is 1. The van der Waals surface area contributed by atoms with Gasteiger partial charge in [0.2, 0.25) is 0 Å². The Balaban J connectivity index is 1.71. The Morgan fingerprint density at radius 2 is 1.83 bits per heavy atom. The number of benzene rings is 2. The fourth-order valence-corrected chi connectivity index (χ4v) is 2.86. The highest BCUT2D eigenvalue weighted by molar-refractivity contribution is 7.80. The second kappa shape index (κ2) is 8.48. The van der Waals surface area contributed by atoms with Crippen LogP contribution in [0, 0.1) is 17.0 Å². The van der Waals surface area contributed by atoms with Crippen molar-refractivity contribution in [3.8, 4) is 5.69 Å². The van der Waals surface area contributed by atoms with Crippen molar-refractivity contribution in [1.82, 2.24) is 14.8 Å². The minimum absolute atomic E-state index is 0.00143. The summed E-state index contributed by atoms with van der Waals surface area (Å²) in [6.45, 7) is 1.81. The van der Waals surface area contributed by atoms with Gasteiger partial charge in [0.25, 0.3) is 11.2 Å². The Bertz CT molecular complexity index is 1130. The Labute approximate surface area is 171 Å². The molecule has 1 heterocycles. The summed E-state index contributed by atoms with van der Waals surface area (Å²) in [4.78, 5) is 23.0. The lowest BCUT2D eigenvalue weighted by molar-refractivity contribution is -0.384. The van der Waals surface area contributed by atoms with E-state index in [1.807, 2.05) is 37.3 Å². The SMILES string of the molecule is Cc1c(NC(=S)N/N=C/c2ccc([N+](=O)[O-])cc2)c(=O)n(-c2ccccc2)n1C. The van der Waals surface area contributed by atoms with Crippen molar-refractivity contribution in [1.29, 1.82) is 0 Å². The molecule has 0 fully saturated rings. The van der Waals surface area contributed by atoms with Gasteiger partial charge in [-0.05, 0) is 49.0 Å². The Hall–Kier alpha value is -3.79. The molecule has 0 aliphatic rings. The van der Waals surface area contributed by atoms with E-state index >= 15 is 0 Å². The zero-order valence-electron chi connectivity index (χ0n) is 15.7. The van der Waals surface area contributed by atoms with Crippen LogP contribution in [0.4, 0.5) is 11.4 Å². The highest BCUT2D eigenvalue weighted by Crippen LogP contribution is 2.14. The summed E-state index contributed by atoms with van der Waals surface area (Å²) < 4.78 is 3.28. The molecule has 0 aliphatic carbocycles. The van der Waals surface area contributed by atoms with E-state index in [-0.39, 0.29) is 16.4 Å². The predicted molar refractivity (Wildman–Crippen MR) is 116 cm³/mol. The normalized spacial score (nSPS) is 10.8. The van der Waals surface area contributed by atoms with Crippen molar-refractivity contribution < 1.29 is 4.92 Å². The van der Waals surface area contributed by atoms with E-state index in [0.717, 1.165) is 5.69 Å². The summed E-state index contributed by atoms with van der Waals surface area (Å²) in [6.07, 6.45) is 1.47. The van der Waals surface area contributed by atoms with Gasteiger partial charge in [0.05, 0.1) is 22.5 Å². The summed E-state index contributed by atoms with van der Waals surface area (Å²) in [5.74, 6) is 0. The van der Waals surface area contributed by atoms with Crippen molar-refractivity contribution in [2.75, 3.05) is 5.32 Å². The van der Waals surface area contributed by atoms with Gasteiger partial charge in [-0.25, -0.2) is 4.68 Å². The van der Waals surface area contributed by atoms with Crippen molar-refractivity contribution in [2.45, 2.75) is 6.92 Å². The molecule has 148 valence electrons. The van der Waals surface area contributed by atoms with Gasteiger partial charge in [0.15, 0.2) is 5.11 Å². The minimum atomic E-state index is -0.470. The number of nitro groups is 1. The molecule has 3 aromatic rings. The van der Waals surface area contributed by atoms with E-state index in [9.17, 15) is 14.9 Å². The summed E-state index contributed by atoms with van der Waals surface area (Å²) in [5.41, 5.74) is 4.86. The Morgan fingerprint density at radius 3 is 2.45 bits per heavy atom. The molecule has 0 aliphatic heterocycles. The maximum Gasteiger partial charge on any atom is 0.295 e. The third-order valence-electron chi connectivity index (χ3n) is 4.28. The van der Waals surface area contributed by atoms with Gasteiger partial charge < -0.3 is 5.32 Å². The molecule has 0 atom stereocenters. The van der Waals surface area contributed by atoms with Crippen LogP contribution in [-0.4, -0.2) is 25.6 Å². The first-order valence-electron chi connectivity index (χ1n) is 8.57. The molecular weight excluding hydrogens is 392 g/mol. The number of para-hydroxylation sites is 1. The third kappa shape index (κ3) is 4.38. The quantitative estimate of drug-likeness (QED) is 0.290. The van der Waals surface area contributed by atoms with Crippen LogP contribution >= 0.6 is 12.2 Å². The standard InChI is InChI=1S/C19H18N6O3S/c1-13-17(18(26)24(23(13)2)15-6-4-3-5-7-15)21-19(29)22-20-12-14-8-10-16(11-9-14)25(27)28/h3-12H,1-2H3,(H2,21,22,29)/b20-12+. The average Bonchev–Trinajstić information content (AvgIpc) is 2.92. The number of nitrogens with one attached hydrogen (secondary N) is 2. The minimum Gasteiger partial charge on any atom is -0.325 e. The van der Waals surface area contributed by atoms with Crippen molar-refractivity contribution in [3.63, 3.8) is 0 Å². The third-order valence-corrected chi connectivity index (χ3v) is 4.47. The molecule has 1 aromatic heterocycles. The lowest BCUT2D eigenvalue weighted by Gasteiger charge is -2.07. The summed E-state index contributed by atoms with van der Waals surface area (Å²) in [6, 6.07) is 15.2. The van der Waals surface area contributed by atoms with Crippen LogP contribution in [0.3, 0.4) is 0 Å². The molecule has 3 rings (SSSR count). The molecule has 0 spiro atoms. The molecule has 0 unspecified atom stereocenters. The Morgan fingerprint density at radius 1 is 1.17 bits per heavy atom. The number of aromatic nitrogens is 2. The number of non-ortho nitro benzene ring substituents is 1. The smallest absolute Gasteiger partial charge is 0.295 e. The fraction of sp³-hybridized carbons (Fsp3) is 0.105.